The average molecular weight is 288 g/mol. The van der Waals surface area contributed by atoms with Gasteiger partial charge in [0.2, 0.25) is 0 Å². The third-order valence-electron chi connectivity index (χ3n) is 5.52. The lowest BCUT2D eigenvalue weighted by Gasteiger charge is -2.40. The van der Waals surface area contributed by atoms with Gasteiger partial charge in [0.1, 0.15) is 0 Å². The van der Waals surface area contributed by atoms with Crippen LogP contribution in [0.2, 0.25) is 0 Å². The van der Waals surface area contributed by atoms with Crippen molar-refractivity contribution in [1.29, 1.82) is 0 Å². The number of nitrogens with one attached hydrogen (secondary N) is 1. The van der Waals surface area contributed by atoms with E-state index in [1.54, 1.807) is 0 Å². The van der Waals surface area contributed by atoms with Crippen molar-refractivity contribution in [2.45, 2.75) is 53.0 Å². The maximum atomic E-state index is 3.53. The van der Waals surface area contributed by atoms with Gasteiger partial charge < -0.3 is 10.2 Å². The molecule has 1 aromatic rings. The van der Waals surface area contributed by atoms with E-state index < -0.39 is 0 Å². The Balaban J connectivity index is 2.02. The molecule has 2 nitrogen and oxygen atoms in total. The summed E-state index contributed by atoms with van der Waals surface area (Å²) in [7, 11) is 2.09. The number of likely N-dealkylation sites (tertiary alicyclic amines) is 1. The van der Waals surface area contributed by atoms with Crippen LogP contribution in [-0.2, 0) is 0 Å². The Labute approximate surface area is 130 Å². The van der Waals surface area contributed by atoms with E-state index in [2.05, 4.69) is 63.2 Å². The van der Waals surface area contributed by atoms with E-state index in [1.807, 2.05) is 0 Å². The van der Waals surface area contributed by atoms with Gasteiger partial charge in [-0.25, -0.2) is 0 Å². The summed E-state index contributed by atoms with van der Waals surface area (Å²) >= 11 is 0. The first kappa shape index (κ1) is 16.5. The van der Waals surface area contributed by atoms with Gasteiger partial charge in [-0.15, -0.1) is 0 Å². The fraction of sp³-hybridized carbons (Fsp3) is 0.684. The number of benzene rings is 1. The van der Waals surface area contributed by atoms with E-state index in [0.717, 1.165) is 6.54 Å². The Hall–Kier alpha value is -0.860. The second-order valence-electron chi connectivity index (χ2n) is 7.17. The van der Waals surface area contributed by atoms with Gasteiger partial charge in [0.05, 0.1) is 0 Å². The Morgan fingerprint density at radius 2 is 1.90 bits per heavy atom. The van der Waals surface area contributed by atoms with Crippen LogP contribution in [0.15, 0.2) is 18.2 Å². The van der Waals surface area contributed by atoms with Crippen LogP contribution in [0.4, 0.5) is 0 Å². The van der Waals surface area contributed by atoms with Crippen LogP contribution < -0.4 is 5.32 Å². The molecule has 1 aliphatic heterocycles. The lowest BCUT2D eigenvalue weighted by Crippen LogP contribution is -2.42. The minimum Gasteiger partial charge on any atom is -0.312 e. The standard InChI is InChI=1S/C19H32N2/c1-6-19(4)9-11-21(12-10-19)14-18(20-5)17-13-15(2)7-8-16(17)3/h7-8,13,18,20H,6,9-12,14H2,1-5H3. The number of likely N-dealkylation sites (N-methyl/N-ethyl adjacent to an activating group) is 1. The predicted octanol–water partition coefficient (Wildman–Crippen LogP) is 4.08. The number of rotatable bonds is 5. The zero-order chi connectivity index (χ0) is 15.5. The topological polar surface area (TPSA) is 15.3 Å². The highest BCUT2D eigenvalue weighted by molar-refractivity contribution is 5.33. The second kappa shape index (κ2) is 6.93. The van der Waals surface area contributed by atoms with Crippen molar-refractivity contribution < 1.29 is 0 Å². The number of aryl methyl sites for hydroxylation is 2. The molecule has 0 aromatic heterocycles. The van der Waals surface area contributed by atoms with Gasteiger partial charge >= 0.3 is 0 Å². The quantitative estimate of drug-likeness (QED) is 0.878. The van der Waals surface area contributed by atoms with E-state index in [0.29, 0.717) is 11.5 Å². The summed E-state index contributed by atoms with van der Waals surface area (Å²) in [6, 6.07) is 7.24. The van der Waals surface area contributed by atoms with Crippen molar-refractivity contribution in [3.63, 3.8) is 0 Å². The van der Waals surface area contributed by atoms with Crippen LogP contribution in [0.3, 0.4) is 0 Å². The highest BCUT2D eigenvalue weighted by Crippen LogP contribution is 2.34. The lowest BCUT2D eigenvalue weighted by molar-refractivity contribution is 0.107. The molecule has 21 heavy (non-hydrogen) atoms. The molecule has 0 amide bonds. The van der Waals surface area contributed by atoms with Gasteiger partial charge in [0, 0.05) is 12.6 Å². The molecule has 0 bridgehead atoms. The molecular formula is C19H32N2. The number of piperidine rings is 1. The van der Waals surface area contributed by atoms with Crippen molar-refractivity contribution in [2.75, 3.05) is 26.7 Å². The fourth-order valence-electron chi connectivity index (χ4n) is 3.37. The second-order valence-corrected chi connectivity index (χ2v) is 7.17. The molecule has 1 atom stereocenters. The zero-order valence-electron chi connectivity index (χ0n) is 14.5. The molecule has 0 aliphatic carbocycles. The van der Waals surface area contributed by atoms with Crippen molar-refractivity contribution in [3.8, 4) is 0 Å². The molecule has 0 saturated carbocycles. The van der Waals surface area contributed by atoms with Crippen molar-refractivity contribution in [3.05, 3.63) is 34.9 Å². The van der Waals surface area contributed by atoms with Gasteiger partial charge in [-0.1, -0.05) is 44.0 Å². The maximum absolute atomic E-state index is 3.53. The van der Waals surface area contributed by atoms with Gasteiger partial charge in [0.25, 0.3) is 0 Å². The highest BCUT2D eigenvalue weighted by atomic mass is 15.2. The Bertz CT molecular complexity index is 459. The Morgan fingerprint density at radius 1 is 1.24 bits per heavy atom. The minimum absolute atomic E-state index is 0.441. The third-order valence-corrected chi connectivity index (χ3v) is 5.52. The van der Waals surface area contributed by atoms with Crippen LogP contribution >= 0.6 is 0 Å². The molecule has 0 radical (unpaired) electrons. The third kappa shape index (κ3) is 4.08. The molecule has 2 rings (SSSR count). The summed E-state index contributed by atoms with van der Waals surface area (Å²) in [5.41, 5.74) is 4.79. The first-order valence-corrected chi connectivity index (χ1v) is 8.44. The van der Waals surface area contributed by atoms with Crippen LogP contribution in [-0.4, -0.2) is 31.6 Å². The van der Waals surface area contributed by atoms with Crippen molar-refractivity contribution in [2.24, 2.45) is 5.41 Å². The number of nitrogens with zero attached hydrogens (tertiary/aromatic N) is 1. The molecule has 1 fully saturated rings. The first-order chi connectivity index (χ1) is 9.97. The van der Waals surface area contributed by atoms with Gasteiger partial charge in [0.15, 0.2) is 0 Å². The van der Waals surface area contributed by atoms with Crippen molar-refractivity contribution >= 4 is 0 Å². The summed E-state index contributed by atoms with van der Waals surface area (Å²) in [6.45, 7) is 12.8. The molecule has 1 aliphatic rings. The molecule has 0 spiro atoms. The summed E-state index contributed by atoms with van der Waals surface area (Å²) in [5, 5.41) is 3.53. The van der Waals surface area contributed by atoms with Crippen LogP contribution in [0.1, 0.15) is 55.8 Å². The molecule has 1 unspecified atom stereocenters. The monoisotopic (exact) mass is 288 g/mol. The highest BCUT2D eigenvalue weighted by Gasteiger charge is 2.29. The van der Waals surface area contributed by atoms with Gasteiger partial charge in [-0.3, -0.25) is 0 Å². The molecular weight excluding hydrogens is 256 g/mol. The molecule has 1 aromatic carbocycles. The van der Waals surface area contributed by atoms with Crippen molar-refractivity contribution in [1.82, 2.24) is 10.2 Å². The van der Waals surface area contributed by atoms with Gasteiger partial charge in [-0.2, -0.15) is 0 Å². The van der Waals surface area contributed by atoms with Crippen LogP contribution in [0.25, 0.3) is 0 Å². The number of hydrogen-bond donors (Lipinski definition) is 1. The number of hydrogen-bond acceptors (Lipinski definition) is 2. The SMILES string of the molecule is CCC1(C)CCN(CC(NC)c2cc(C)ccc2C)CC1. The van der Waals surface area contributed by atoms with E-state index in [-0.39, 0.29) is 0 Å². The molecule has 118 valence electrons. The summed E-state index contributed by atoms with van der Waals surface area (Å²) in [4.78, 5) is 2.64. The van der Waals surface area contributed by atoms with E-state index >= 15 is 0 Å². The smallest absolute Gasteiger partial charge is 0.0449 e. The maximum Gasteiger partial charge on any atom is 0.0449 e. The first-order valence-electron chi connectivity index (χ1n) is 8.44. The fourth-order valence-corrected chi connectivity index (χ4v) is 3.37. The van der Waals surface area contributed by atoms with E-state index in [9.17, 15) is 0 Å². The normalized spacial score (nSPS) is 20.4. The Morgan fingerprint density at radius 3 is 2.48 bits per heavy atom. The van der Waals surface area contributed by atoms with Crippen LogP contribution in [0, 0.1) is 19.3 Å². The van der Waals surface area contributed by atoms with Crippen LogP contribution in [0.5, 0.6) is 0 Å². The zero-order valence-corrected chi connectivity index (χ0v) is 14.5. The Kier molecular flexibility index (Phi) is 5.45. The van der Waals surface area contributed by atoms with E-state index in [4.69, 9.17) is 0 Å². The van der Waals surface area contributed by atoms with Gasteiger partial charge in [-0.05, 0) is 63.4 Å². The lowest BCUT2D eigenvalue weighted by atomic mass is 9.78. The summed E-state index contributed by atoms with van der Waals surface area (Å²) < 4.78 is 0. The molecule has 2 heteroatoms. The summed E-state index contributed by atoms with van der Waals surface area (Å²) in [6.07, 6.45) is 3.99. The minimum atomic E-state index is 0.441. The predicted molar refractivity (Wildman–Crippen MR) is 91.8 cm³/mol. The largest absolute Gasteiger partial charge is 0.312 e. The summed E-state index contributed by atoms with van der Waals surface area (Å²) in [5.74, 6) is 0. The molecule has 1 N–H and O–H groups in total. The molecule has 1 heterocycles. The van der Waals surface area contributed by atoms with E-state index in [1.165, 1.54) is 49.0 Å². The average Bonchev–Trinajstić information content (AvgIpc) is 2.49. The molecule has 1 saturated heterocycles.